The minimum Gasteiger partial charge on any atom is -0.494 e. The van der Waals surface area contributed by atoms with Crippen LogP contribution >= 0.6 is 11.3 Å². The molecule has 6 nitrogen and oxygen atoms in total. The zero-order chi connectivity index (χ0) is 21.8. The van der Waals surface area contributed by atoms with E-state index in [4.69, 9.17) is 13.9 Å². The molecule has 3 heterocycles. The van der Waals surface area contributed by atoms with Crippen molar-refractivity contribution in [1.82, 2.24) is 4.90 Å². The van der Waals surface area contributed by atoms with Gasteiger partial charge < -0.3 is 19.2 Å². The predicted octanol–water partition coefficient (Wildman–Crippen LogP) is 5.03. The van der Waals surface area contributed by atoms with E-state index in [1.807, 2.05) is 19.1 Å². The molecule has 0 saturated carbocycles. The summed E-state index contributed by atoms with van der Waals surface area (Å²) in [6, 6.07) is 11.7. The van der Waals surface area contributed by atoms with Crippen LogP contribution in [-0.4, -0.2) is 43.7 Å². The van der Waals surface area contributed by atoms with Gasteiger partial charge in [0.05, 0.1) is 32.1 Å². The van der Waals surface area contributed by atoms with Gasteiger partial charge in [-0.2, -0.15) is 0 Å². The molecule has 0 unspecified atom stereocenters. The Morgan fingerprint density at radius 3 is 2.58 bits per heavy atom. The summed E-state index contributed by atoms with van der Waals surface area (Å²) < 4.78 is 16.5. The molecule has 4 rings (SSSR count). The first kappa shape index (κ1) is 21.6. The average molecular weight is 441 g/mol. The van der Waals surface area contributed by atoms with E-state index in [0.717, 1.165) is 29.4 Å². The van der Waals surface area contributed by atoms with Crippen molar-refractivity contribution in [2.75, 3.05) is 38.2 Å². The minimum absolute atomic E-state index is 0.0106. The number of aryl methyl sites for hydroxylation is 1. The molecule has 1 N–H and O–H groups in total. The van der Waals surface area contributed by atoms with Gasteiger partial charge in [0.2, 0.25) is 0 Å². The molecule has 1 amide bonds. The first-order valence-corrected chi connectivity index (χ1v) is 11.4. The number of amides is 1. The third-order valence-electron chi connectivity index (χ3n) is 5.60. The van der Waals surface area contributed by atoms with Gasteiger partial charge in [-0.3, -0.25) is 9.69 Å². The summed E-state index contributed by atoms with van der Waals surface area (Å²) >= 11 is 1.61. The van der Waals surface area contributed by atoms with E-state index in [9.17, 15) is 4.79 Å². The van der Waals surface area contributed by atoms with Crippen molar-refractivity contribution in [2.24, 2.45) is 0 Å². The molecule has 7 heteroatoms. The summed E-state index contributed by atoms with van der Waals surface area (Å²) in [6.45, 7) is 9.91. The molecule has 0 radical (unpaired) electrons. The summed E-state index contributed by atoms with van der Waals surface area (Å²) in [6.07, 6.45) is 1.51. The van der Waals surface area contributed by atoms with E-state index in [1.165, 1.54) is 22.3 Å². The van der Waals surface area contributed by atoms with Crippen LogP contribution in [-0.2, 0) is 4.74 Å². The molecule has 1 aliphatic heterocycles. The van der Waals surface area contributed by atoms with Crippen LogP contribution in [0.4, 0.5) is 5.00 Å². The number of ether oxygens (including phenoxy) is 2. The van der Waals surface area contributed by atoms with Crippen LogP contribution in [0.25, 0.3) is 0 Å². The Labute approximate surface area is 186 Å². The van der Waals surface area contributed by atoms with E-state index in [1.54, 1.807) is 23.5 Å². The third kappa shape index (κ3) is 4.69. The second-order valence-electron chi connectivity index (χ2n) is 7.51. The predicted molar refractivity (Wildman–Crippen MR) is 122 cm³/mol. The summed E-state index contributed by atoms with van der Waals surface area (Å²) in [5.41, 5.74) is 3.50. The molecular formula is C24H28N2O4S. The summed E-state index contributed by atoms with van der Waals surface area (Å²) in [5.74, 6) is 0.926. The summed E-state index contributed by atoms with van der Waals surface area (Å²) in [5, 5.41) is 3.96. The van der Waals surface area contributed by atoms with E-state index < -0.39 is 0 Å². The Morgan fingerprint density at radius 2 is 1.94 bits per heavy atom. The first-order valence-electron chi connectivity index (χ1n) is 10.6. The molecule has 3 aromatic rings. The van der Waals surface area contributed by atoms with E-state index in [2.05, 4.69) is 36.2 Å². The number of nitrogens with zero attached hydrogens (tertiary/aromatic N) is 1. The molecule has 31 heavy (non-hydrogen) atoms. The largest absolute Gasteiger partial charge is 0.494 e. The minimum atomic E-state index is -0.236. The van der Waals surface area contributed by atoms with Crippen molar-refractivity contribution in [2.45, 2.75) is 26.8 Å². The topological polar surface area (TPSA) is 63.9 Å². The number of furan rings is 1. The second kappa shape index (κ2) is 9.68. The van der Waals surface area contributed by atoms with Crippen molar-refractivity contribution in [1.29, 1.82) is 0 Å². The van der Waals surface area contributed by atoms with Crippen molar-refractivity contribution in [3.05, 3.63) is 70.0 Å². The monoisotopic (exact) mass is 440 g/mol. The van der Waals surface area contributed by atoms with Crippen molar-refractivity contribution >= 4 is 22.2 Å². The Bertz CT molecular complexity index is 1010. The maximum absolute atomic E-state index is 12.8. The molecular weight excluding hydrogens is 412 g/mol. The Kier molecular flexibility index (Phi) is 6.75. The Hall–Kier alpha value is -2.61. The lowest BCUT2D eigenvalue weighted by molar-refractivity contribution is 0.0240. The molecule has 164 valence electrons. The zero-order valence-electron chi connectivity index (χ0n) is 18.1. The fourth-order valence-corrected chi connectivity index (χ4v) is 5.04. The molecule has 1 aliphatic rings. The fourth-order valence-electron chi connectivity index (χ4n) is 3.95. The van der Waals surface area contributed by atoms with Crippen LogP contribution in [0.2, 0.25) is 0 Å². The number of thiophene rings is 1. The standard InChI is InChI=1S/C24H28N2O4S/c1-4-29-19-9-7-18(8-10-19)22(26-11-14-28-15-12-26)21-16(2)17(3)31-24(21)25-23(27)20-6-5-13-30-20/h5-10,13,22H,4,11-12,14-15H2,1-3H3,(H,25,27)/t22-/m0/s1. The van der Waals surface area contributed by atoms with Crippen LogP contribution in [0.3, 0.4) is 0 Å². The molecule has 0 aliphatic carbocycles. The van der Waals surface area contributed by atoms with E-state index in [-0.39, 0.29) is 11.9 Å². The van der Waals surface area contributed by atoms with Crippen LogP contribution in [0.1, 0.15) is 45.1 Å². The van der Waals surface area contributed by atoms with Gasteiger partial charge in [0.25, 0.3) is 5.91 Å². The highest BCUT2D eigenvalue weighted by molar-refractivity contribution is 7.16. The number of morpholine rings is 1. The van der Waals surface area contributed by atoms with Gasteiger partial charge in [-0.15, -0.1) is 11.3 Å². The number of carbonyl (C=O) groups excluding carboxylic acids is 1. The number of benzene rings is 1. The van der Waals surface area contributed by atoms with E-state index in [0.29, 0.717) is 25.6 Å². The number of hydrogen-bond donors (Lipinski definition) is 1. The van der Waals surface area contributed by atoms with Crippen molar-refractivity contribution in [3.8, 4) is 5.75 Å². The van der Waals surface area contributed by atoms with Gasteiger partial charge in [0.15, 0.2) is 5.76 Å². The molecule has 1 saturated heterocycles. The van der Waals surface area contributed by atoms with Crippen LogP contribution < -0.4 is 10.1 Å². The van der Waals surface area contributed by atoms with Gasteiger partial charge in [-0.25, -0.2) is 0 Å². The number of anilines is 1. The van der Waals surface area contributed by atoms with Crippen LogP contribution in [0.5, 0.6) is 5.75 Å². The van der Waals surface area contributed by atoms with Gasteiger partial charge in [0, 0.05) is 23.5 Å². The first-order chi connectivity index (χ1) is 15.1. The van der Waals surface area contributed by atoms with Crippen LogP contribution in [0.15, 0.2) is 47.1 Å². The molecule has 2 aromatic heterocycles. The van der Waals surface area contributed by atoms with Crippen molar-refractivity contribution < 1.29 is 18.7 Å². The van der Waals surface area contributed by atoms with Gasteiger partial charge in [-0.1, -0.05) is 12.1 Å². The summed E-state index contributed by atoms with van der Waals surface area (Å²) in [7, 11) is 0. The molecule has 1 fully saturated rings. The lowest BCUT2D eigenvalue weighted by Gasteiger charge is -2.35. The van der Waals surface area contributed by atoms with Gasteiger partial charge in [0.1, 0.15) is 10.8 Å². The number of carbonyl (C=O) groups is 1. The Morgan fingerprint density at radius 1 is 1.19 bits per heavy atom. The number of nitrogens with one attached hydrogen (secondary N) is 1. The highest BCUT2D eigenvalue weighted by Gasteiger charge is 2.30. The zero-order valence-corrected chi connectivity index (χ0v) is 19.0. The average Bonchev–Trinajstić information content (AvgIpc) is 3.41. The lowest BCUT2D eigenvalue weighted by atomic mass is 9.94. The maximum atomic E-state index is 12.8. The number of hydrogen-bond acceptors (Lipinski definition) is 6. The summed E-state index contributed by atoms with van der Waals surface area (Å²) in [4.78, 5) is 16.4. The van der Waals surface area contributed by atoms with Gasteiger partial charge in [-0.05, 0) is 56.2 Å². The molecule has 0 spiro atoms. The number of rotatable bonds is 7. The van der Waals surface area contributed by atoms with Gasteiger partial charge >= 0.3 is 0 Å². The molecule has 0 bridgehead atoms. The third-order valence-corrected chi connectivity index (χ3v) is 6.73. The smallest absolute Gasteiger partial charge is 0.291 e. The second-order valence-corrected chi connectivity index (χ2v) is 8.74. The fraction of sp³-hybridized carbons (Fsp3) is 0.375. The lowest BCUT2D eigenvalue weighted by Crippen LogP contribution is -2.39. The van der Waals surface area contributed by atoms with Crippen LogP contribution in [0, 0.1) is 13.8 Å². The SMILES string of the molecule is CCOc1ccc([C@@H](c2c(NC(=O)c3ccco3)sc(C)c2C)N2CCOCC2)cc1. The maximum Gasteiger partial charge on any atom is 0.291 e. The molecule has 1 aromatic carbocycles. The normalized spacial score (nSPS) is 15.6. The van der Waals surface area contributed by atoms with Crippen molar-refractivity contribution in [3.63, 3.8) is 0 Å². The highest BCUT2D eigenvalue weighted by atomic mass is 32.1. The Balaban J connectivity index is 1.74. The molecule has 1 atom stereocenters. The van der Waals surface area contributed by atoms with E-state index >= 15 is 0 Å². The highest BCUT2D eigenvalue weighted by Crippen LogP contribution is 2.42. The quantitative estimate of drug-likeness (QED) is 0.558.